The molecule has 5 nitrogen and oxygen atoms in total. The number of hydrogen-bond donors (Lipinski definition) is 1. The number of carbonyl (C=O) groups is 1. The Morgan fingerprint density at radius 2 is 1.74 bits per heavy atom. The second kappa shape index (κ2) is 7.42. The van der Waals surface area contributed by atoms with Crippen molar-refractivity contribution < 1.29 is 18.0 Å². The second-order valence-electron chi connectivity index (χ2n) is 10.2. The fraction of sp³-hybridized carbons (Fsp3) is 0.423. The van der Waals surface area contributed by atoms with Gasteiger partial charge in [0.1, 0.15) is 5.82 Å². The zero-order valence-corrected chi connectivity index (χ0v) is 19.8. The SMILES string of the molecule is Cc1nnc(NC(C)c2cccc(C(F)F)c2F)c2cc3c(cc12)C(C)(C)C(=O)N3C1(C)CC1. The number of aryl methyl sites for hydroxylation is 1. The van der Waals surface area contributed by atoms with E-state index in [-0.39, 0.29) is 17.0 Å². The molecule has 0 spiro atoms. The molecule has 2 heterocycles. The third-order valence-corrected chi connectivity index (χ3v) is 7.36. The maximum atomic E-state index is 14.8. The van der Waals surface area contributed by atoms with Crippen LogP contribution in [0.15, 0.2) is 30.3 Å². The van der Waals surface area contributed by atoms with Crippen molar-refractivity contribution in [2.24, 2.45) is 0 Å². The average molecular weight is 469 g/mol. The van der Waals surface area contributed by atoms with E-state index < -0.39 is 29.3 Å². The summed E-state index contributed by atoms with van der Waals surface area (Å²) in [6, 6.07) is 7.33. The number of carbonyl (C=O) groups excluding carboxylic acids is 1. The first-order valence-corrected chi connectivity index (χ1v) is 11.4. The Kier molecular flexibility index (Phi) is 4.94. The van der Waals surface area contributed by atoms with Crippen molar-refractivity contribution in [1.29, 1.82) is 0 Å². The van der Waals surface area contributed by atoms with Crippen LogP contribution in [0.25, 0.3) is 10.8 Å². The molecule has 3 aromatic rings. The van der Waals surface area contributed by atoms with Crippen LogP contribution in [0.4, 0.5) is 24.7 Å². The molecular weight excluding hydrogens is 441 g/mol. The number of nitrogens with one attached hydrogen (secondary N) is 1. The number of benzene rings is 2. The van der Waals surface area contributed by atoms with Crippen LogP contribution >= 0.6 is 0 Å². The molecule has 0 radical (unpaired) electrons. The Morgan fingerprint density at radius 3 is 2.38 bits per heavy atom. The molecule has 5 rings (SSSR count). The highest BCUT2D eigenvalue weighted by atomic mass is 19.3. The number of nitrogens with zero attached hydrogens (tertiary/aromatic N) is 3. The van der Waals surface area contributed by atoms with Gasteiger partial charge in [-0.25, -0.2) is 13.2 Å². The predicted molar refractivity (Wildman–Crippen MR) is 126 cm³/mol. The van der Waals surface area contributed by atoms with Crippen molar-refractivity contribution in [2.75, 3.05) is 10.2 Å². The summed E-state index contributed by atoms with van der Waals surface area (Å²) in [5, 5.41) is 13.3. The molecule has 178 valence electrons. The third kappa shape index (κ3) is 3.26. The van der Waals surface area contributed by atoms with Crippen LogP contribution in [0.2, 0.25) is 0 Å². The Labute approximate surface area is 196 Å². The molecule has 1 saturated carbocycles. The number of rotatable bonds is 5. The molecule has 1 aliphatic heterocycles. The second-order valence-corrected chi connectivity index (χ2v) is 10.2. The van der Waals surface area contributed by atoms with E-state index in [1.807, 2.05) is 37.8 Å². The van der Waals surface area contributed by atoms with Gasteiger partial charge >= 0.3 is 0 Å². The Hall–Kier alpha value is -3.16. The third-order valence-electron chi connectivity index (χ3n) is 7.36. The van der Waals surface area contributed by atoms with Crippen LogP contribution in [0, 0.1) is 12.7 Å². The van der Waals surface area contributed by atoms with Gasteiger partial charge in [0.25, 0.3) is 6.43 Å². The number of fused-ring (bicyclic) bond motifs is 2. The Morgan fingerprint density at radius 1 is 1.06 bits per heavy atom. The van der Waals surface area contributed by atoms with Crippen LogP contribution in [0.3, 0.4) is 0 Å². The zero-order valence-electron chi connectivity index (χ0n) is 19.8. The molecule has 1 atom stereocenters. The summed E-state index contributed by atoms with van der Waals surface area (Å²) in [5.41, 5.74) is 1.16. The first kappa shape index (κ1) is 22.6. The van der Waals surface area contributed by atoms with Crippen molar-refractivity contribution in [2.45, 2.75) is 70.9 Å². The summed E-state index contributed by atoms with van der Waals surface area (Å²) in [6.07, 6.45) is -1.01. The fourth-order valence-corrected chi connectivity index (χ4v) is 4.91. The highest BCUT2D eigenvalue weighted by Gasteiger charge is 2.55. The summed E-state index contributed by atoms with van der Waals surface area (Å²) in [6.45, 7) is 9.52. The molecule has 0 bridgehead atoms. The summed E-state index contributed by atoms with van der Waals surface area (Å²) < 4.78 is 41.1. The number of alkyl halides is 2. The van der Waals surface area contributed by atoms with Crippen molar-refractivity contribution in [3.05, 3.63) is 58.5 Å². The van der Waals surface area contributed by atoms with Crippen molar-refractivity contribution in [1.82, 2.24) is 10.2 Å². The summed E-state index contributed by atoms with van der Waals surface area (Å²) >= 11 is 0. The predicted octanol–water partition coefficient (Wildman–Crippen LogP) is 6.36. The molecule has 1 amide bonds. The molecular formula is C26H27F3N4O. The minimum Gasteiger partial charge on any atom is -0.361 e. The van der Waals surface area contributed by atoms with E-state index in [9.17, 15) is 18.0 Å². The Balaban J connectivity index is 1.62. The molecule has 8 heteroatoms. The maximum Gasteiger partial charge on any atom is 0.266 e. The van der Waals surface area contributed by atoms with Crippen LogP contribution in [0.5, 0.6) is 0 Å². The molecule has 34 heavy (non-hydrogen) atoms. The smallest absolute Gasteiger partial charge is 0.266 e. The van der Waals surface area contributed by atoms with Crippen LogP contribution in [0.1, 0.15) is 75.4 Å². The topological polar surface area (TPSA) is 58.1 Å². The monoisotopic (exact) mass is 468 g/mol. The van der Waals surface area contributed by atoms with Gasteiger partial charge in [-0.3, -0.25) is 4.79 Å². The minimum absolute atomic E-state index is 0.0742. The lowest BCUT2D eigenvalue weighted by atomic mass is 9.85. The van der Waals surface area contributed by atoms with E-state index in [1.165, 1.54) is 12.1 Å². The van der Waals surface area contributed by atoms with E-state index in [0.717, 1.165) is 40.9 Å². The van der Waals surface area contributed by atoms with Gasteiger partial charge in [-0.15, -0.1) is 5.10 Å². The van der Waals surface area contributed by atoms with Gasteiger partial charge in [0.2, 0.25) is 5.91 Å². The minimum atomic E-state index is -2.90. The van der Waals surface area contributed by atoms with Gasteiger partial charge < -0.3 is 10.2 Å². The largest absolute Gasteiger partial charge is 0.361 e. The van der Waals surface area contributed by atoms with Crippen LogP contribution < -0.4 is 10.2 Å². The molecule has 0 saturated heterocycles. The lowest BCUT2D eigenvalue weighted by Crippen LogP contribution is -2.43. The average Bonchev–Trinajstić information content (AvgIpc) is 3.48. The Bertz CT molecular complexity index is 1330. The van der Waals surface area contributed by atoms with Gasteiger partial charge in [0, 0.05) is 27.6 Å². The molecule has 1 aliphatic carbocycles. The lowest BCUT2D eigenvalue weighted by molar-refractivity contribution is -0.122. The van der Waals surface area contributed by atoms with E-state index in [1.54, 1.807) is 6.92 Å². The molecule has 1 N–H and O–H groups in total. The fourth-order valence-electron chi connectivity index (χ4n) is 4.91. The number of halogens is 3. The first-order valence-electron chi connectivity index (χ1n) is 11.4. The van der Waals surface area contributed by atoms with Gasteiger partial charge in [0.05, 0.1) is 22.7 Å². The quantitative estimate of drug-likeness (QED) is 0.473. The molecule has 1 aromatic heterocycles. The number of anilines is 2. The molecule has 1 unspecified atom stereocenters. The number of amides is 1. The standard InChI is InChI=1S/C26H27F3N4O/c1-13(15-7-6-8-16(21(15)27)22(28)29)30-23-18-12-20-19(11-17(18)14(2)31-32-23)25(3,4)24(34)33(20)26(5)9-10-26/h6-8,11-13,22H,9-10H2,1-5H3,(H,30,32). The zero-order chi connectivity index (χ0) is 24.6. The van der Waals surface area contributed by atoms with E-state index in [2.05, 4.69) is 22.4 Å². The summed E-state index contributed by atoms with van der Waals surface area (Å²) in [5.74, 6) is -0.441. The van der Waals surface area contributed by atoms with E-state index in [4.69, 9.17) is 0 Å². The maximum absolute atomic E-state index is 14.8. The van der Waals surface area contributed by atoms with Crippen molar-refractivity contribution in [3.8, 4) is 0 Å². The molecule has 2 aromatic carbocycles. The summed E-state index contributed by atoms with van der Waals surface area (Å²) in [7, 11) is 0. The van der Waals surface area contributed by atoms with Crippen molar-refractivity contribution in [3.63, 3.8) is 0 Å². The summed E-state index contributed by atoms with van der Waals surface area (Å²) in [4.78, 5) is 15.3. The molecule has 1 fully saturated rings. The van der Waals surface area contributed by atoms with Gasteiger partial charge in [-0.1, -0.05) is 18.2 Å². The van der Waals surface area contributed by atoms with Crippen LogP contribution in [-0.2, 0) is 10.2 Å². The first-order chi connectivity index (χ1) is 16.0. The number of aromatic nitrogens is 2. The lowest BCUT2D eigenvalue weighted by Gasteiger charge is -2.27. The highest BCUT2D eigenvalue weighted by Crippen LogP contribution is 2.53. The van der Waals surface area contributed by atoms with Gasteiger partial charge in [-0.2, -0.15) is 5.10 Å². The molecule has 2 aliphatic rings. The van der Waals surface area contributed by atoms with Gasteiger partial charge in [-0.05, 0) is 65.2 Å². The van der Waals surface area contributed by atoms with Crippen molar-refractivity contribution >= 4 is 28.2 Å². The normalized spacial score (nSPS) is 19.0. The van der Waals surface area contributed by atoms with E-state index in [0.29, 0.717) is 11.5 Å². The van der Waals surface area contributed by atoms with E-state index >= 15 is 0 Å². The van der Waals surface area contributed by atoms with Crippen LogP contribution in [-0.4, -0.2) is 21.6 Å². The highest BCUT2D eigenvalue weighted by molar-refractivity contribution is 6.12. The number of hydrogen-bond acceptors (Lipinski definition) is 4. The van der Waals surface area contributed by atoms with Gasteiger partial charge in [0.15, 0.2) is 5.82 Å².